The van der Waals surface area contributed by atoms with Crippen LogP contribution in [0.4, 0.5) is 0 Å². The molecule has 1 fully saturated rings. The van der Waals surface area contributed by atoms with E-state index in [0.29, 0.717) is 17.9 Å². The van der Waals surface area contributed by atoms with Gasteiger partial charge in [0.25, 0.3) is 0 Å². The van der Waals surface area contributed by atoms with Crippen LogP contribution in [0.5, 0.6) is 11.5 Å². The summed E-state index contributed by atoms with van der Waals surface area (Å²) >= 11 is 0. The molecule has 0 aliphatic carbocycles. The van der Waals surface area contributed by atoms with Crippen LogP contribution in [0.1, 0.15) is 12.0 Å². The van der Waals surface area contributed by atoms with Crippen molar-refractivity contribution in [1.82, 2.24) is 4.90 Å². The molecule has 1 aliphatic rings. The van der Waals surface area contributed by atoms with Crippen LogP contribution in [0, 0.1) is 0 Å². The molecule has 6 nitrogen and oxygen atoms in total. The number of amides is 1. The lowest BCUT2D eigenvalue weighted by Gasteiger charge is -2.21. The Hall–Kier alpha value is -2.02. The minimum atomic E-state index is -3.01. The fourth-order valence-electron chi connectivity index (χ4n) is 2.50. The van der Waals surface area contributed by atoms with Crippen molar-refractivity contribution < 1.29 is 22.7 Å². The molecular formula is C16H21NO5S. The highest BCUT2D eigenvalue weighted by molar-refractivity contribution is 7.91. The molecule has 2 rings (SSSR count). The van der Waals surface area contributed by atoms with E-state index < -0.39 is 9.84 Å². The van der Waals surface area contributed by atoms with Crippen LogP contribution in [-0.2, 0) is 14.6 Å². The van der Waals surface area contributed by atoms with Crippen molar-refractivity contribution in [2.45, 2.75) is 12.5 Å². The van der Waals surface area contributed by atoms with E-state index in [9.17, 15) is 13.2 Å². The van der Waals surface area contributed by atoms with E-state index in [1.165, 1.54) is 11.0 Å². The number of rotatable bonds is 5. The van der Waals surface area contributed by atoms with Gasteiger partial charge >= 0.3 is 0 Å². The van der Waals surface area contributed by atoms with Gasteiger partial charge in [0.15, 0.2) is 21.3 Å². The van der Waals surface area contributed by atoms with Crippen LogP contribution in [0.15, 0.2) is 24.3 Å². The number of benzene rings is 1. The molecule has 126 valence electrons. The van der Waals surface area contributed by atoms with E-state index in [2.05, 4.69) is 0 Å². The van der Waals surface area contributed by atoms with Crippen molar-refractivity contribution in [3.63, 3.8) is 0 Å². The van der Waals surface area contributed by atoms with Gasteiger partial charge < -0.3 is 14.4 Å². The molecule has 0 N–H and O–H groups in total. The van der Waals surface area contributed by atoms with Gasteiger partial charge in [-0.3, -0.25) is 4.79 Å². The standard InChI is InChI=1S/C16H21NO5S/c1-17(13-8-9-23(19,20)11-13)16(18)7-5-12-4-6-14(21-2)15(10-12)22-3/h4-7,10,13H,8-9,11H2,1-3H3/b7-5+/t13-/m1/s1. The Labute approximate surface area is 136 Å². The van der Waals surface area contributed by atoms with Gasteiger partial charge in [-0.05, 0) is 30.2 Å². The fourth-order valence-corrected chi connectivity index (χ4v) is 4.28. The topological polar surface area (TPSA) is 72.9 Å². The molecule has 1 amide bonds. The van der Waals surface area contributed by atoms with E-state index in [1.54, 1.807) is 39.5 Å². The summed E-state index contributed by atoms with van der Waals surface area (Å²) in [6.07, 6.45) is 3.60. The molecule has 7 heteroatoms. The van der Waals surface area contributed by atoms with E-state index >= 15 is 0 Å². The van der Waals surface area contributed by atoms with E-state index in [4.69, 9.17) is 9.47 Å². The molecule has 0 bridgehead atoms. The molecule has 0 spiro atoms. The molecular weight excluding hydrogens is 318 g/mol. The first-order valence-electron chi connectivity index (χ1n) is 7.23. The van der Waals surface area contributed by atoms with Gasteiger partial charge in [0.05, 0.1) is 25.7 Å². The van der Waals surface area contributed by atoms with Crippen LogP contribution >= 0.6 is 0 Å². The van der Waals surface area contributed by atoms with E-state index in [-0.39, 0.29) is 23.5 Å². The van der Waals surface area contributed by atoms with Gasteiger partial charge in [-0.2, -0.15) is 0 Å². The number of carbonyl (C=O) groups excluding carboxylic acids is 1. The van der Waals surface area contributed by atoms with Gasteiger partial charge in [-0.15, -0.1) is 0 Å². The van der Waals surface area contributed by atoms with Crippen LogP contribution in [0.2, 0.25) is 0 Å². The van der Waals surface area contributed by atoms with Crippen LogP contribution in [0.3, 0.4) is 0 Å². The average molecular weight is 339 g/mol. The highest BCUT2D eigenvalue weighted by atomic mass is 32.2. The first-order chi connectivity index (χ1) is 10.9. The summed E-state index contributed by atoms with van der Waals surface area (Å²) in [5.74, 6) is 1.16. The highest BCUT2D eigenvalue weighted by Crippen LogP contribution is 2.28. The van der Waals surface area contributed by atoms with Crippen molar-refractivity contribution in [2.75, 3.05) is 32.8 Å². The molecule has 23 heavy (non-hydrogen) atoms. The van der Waals surface area contributed by atoms with Gasteiger partial charge in [-0.25, -0.2) is 8.42 Å². The molecule has 1 heterocycles. The predicted molar refractivity (Wildman–Crippen MR) is 88.4 cm³/mol. The number of nitrogens with zero attached hydrogens (tertiary/aromatic N) is 1. The summed E-state index contributed by atoms with van der Waals surface area (Å²) < 4.78 is 33.4. The fraction of sp³-hybridized carbons (Fsp3) is 0.438. The Morgan fingerprint density at radius 3 is 2.52 bits per heavy atom. The van der Waals surface area contributed by atoms with Crippen molar-refractivity contribution in [2.24, 2.45) is 0 Å². The number of sulfone groups is 1. The molecule has 0 radical (unpaired) electrons. The largest absolute Gasteiger partial charge is 0.493 e. The minimum absolute atomic E-state index is 0.0411. The lowest BCUT2D eigenvalue weighted by Crippen LogP contribution is -2.36. The molecule has 1 saturated heterocycles. The number of ether oxygens (including phenoxy) is 2. The van der Waals surface area contributed by atoms with Crippen LogP contribution < -0.4 is 9.47 Å². The van der Waals surface area contributed by atoms with E-state index in [1.807, 2.05) is 6.07 Å². The second-order valence-electron chi connectivity index (χ2n) is 5.45. The smallest absolute Gasteiger partial charge is 0.246 e. The zero-order chi connectivity index (χ0) is 17.0. The Bertz CT molecular complexity index is 711. The monoisotopic (exact) mass is 339 g/mol. The lowest BCUT2D eigenvalue weighted by atomic mass is 10.1. The molecule has 0 aromatic heterocycles. The van der Waals surface area contributed by atoms with Crippen molar-refractivity contribution in [1.29, 1.82) is 0 Å². The summed E-state index contributed by atoms with van der Waals surface area (Å²) in [7, 11) is 1.73. The maximum atomic E-state index is 12.2. The first kappa shape index (κ1) is 17.3. The van der Waals surface area contributed by atoms with Crippen LogP contribution in [0.25, 0.3) is 6.08 Å². The van der Waals surface area contributed by atoms with Gasteiger partial charge in [0.2, 0.25) is 5.91 Å². The Morgan fingerprint density at radius 1 is 1.26 bits per heavy atom. The summed E-state index contributed by atoms with van der Waals surface area (Å²) in [6.45, 7) is 0. The van der Waals surface area contributed by atoms with Crippen molar-refractivity contribution >= 4 is 21.8 Å². The maximum Gasteiger partial charge on any atom is 0.246 e. The Morgan fingerprint density at radius 2 is 1.96 bits per heavy atom. The molecule has 0 saturated carbocycles. The number of carbonyl (C=O) groups is 1. The second-order valence-corrected chi connectivity index (χ2v) is 7.68. The SMILES string of the molecule is COc1ccc(/C=C/C(=O)N(C)[C@@H]2CCS(=O)(=O)C2)cc1OC. The summed E-state index contributed by atoms with van der Waals surface area (Å²) in [5, 5.41) is 0. The van der Waals surface area contributed by atoms with Crippen molar-refractivity contribution in [3.05, 3.63) is 29.8 Å². The molecule has 1 aromatic carbocycles. The van der Waals surface area contributed by atoms with Gasteiger partial charge in [0, 0.05) is 19.2 Å². The molecule has 1 aliphatic heterocycles. The third kappa shape index (κ3) is 4.25. The summed E-state index contributed by atoms with van der Waals surface area (Å²) in [5.41, 5.74) is 0.795. The van der Waals surface area contributed by atoms with Gasteiger partial charge in [0.1, 0.15) is 0 Å². The predicted octanol–water partition coefficient (Wildman–Crippen LogP) is 1.36. The zero-order valence-corrected chi connectivity index (χ0v) is 14.3. The van der Waals surface area contributed by atoms with E-state index in [0.717, 1.165) is 5.56 Å². The number of hydrogen-bond donors (Lipinski definition) is 0. The average Bonchev–Trinajstić information content (AvgIpc) is 2.91. The van der Waals surface area contributed by atoms with Gasteiger partial charge in [-0.1, -0.05) is 6.07 Å². The lowest BCUT2D eigenvalue weighted by molar-refractivity contribution is -0.126. The summed E-state index contributed by atoms with van der Waals surface area (Å²) in [6, 6.07) is 5.09. The zero-order valence-electron chi connectivity index (χ0n) is 13.5. The Balaban J connectivity index is 2.06. The van der Waals surface area contributed by atoms with Crippen LogP contribution in [-0.4, -0.2) is 58.0 Å². The van der Waals surface area contributed by atoms with Crippen molar-refractivity contribution in [3.8, 4) is 11.5 Å². The number of methoxy groups -OCH3 is 2. The number of likely N-dealkylation sites (N-methyl/N-ethyl adjacent to an activating group) is 1. The summed E-state index contributed by atoms with van der Waals surface area (Å²) in [4.78, 5) is 13.7. The Kier molecular flexibility index (Phi) is 5.30. The highest BCUT2D eigenvalue weighted by Gasteiger charge is 2.31. The first-order valence-corrected chi connectivity index (χ1v) is 9.06. The third-order valence-electron chi connectivity index (χ3n) is 3.93. The third-order valence-corrected chi connectivity index (χ3v) is 5.68. The second kappa shape index (κ2) is 7.04. The normalized spacial score (nSPS) is 19.7. The number of hydrogen-bond acceptors (Lipinski definition) is 5. The quantitative estimate of drug-likeness (QED) is 0.758. The molecule has 1 atom stereocenters. The minimum Gasteiger partial charge on any atom is -0.493 e. The molecule has 1 aromatic rings. The maximum absolute atomic E-state index is 12.2. The molecule has 0 unspecified atom stereocenters.